The summed E-state index contributed by atoms with van der Waals surface area (Å²) < 4.78 is 18.6. The van der Waals surface area contributed by atoms with Gasteiger partial charge in [0.05, 0.1) is 5.66 Å². The van der Waals surface area contributed by atoms with E-state index < -0.39 is 13.0 Å². The first-order valence-corrected chi connectivity index (χ1v) is 12.7. The van der Waals surface area contributed by atoms with E-state index in [1.807, 2.05) is 60.7 Å². The van der Waals surface area contributed by atoms with Crippen molar-refractivity contribution >= 4 is 13.3 Å². The van der Waals surface area contributed by atoms with Crippen molar-refractivity contribution in [3.63, 3.8) is 0 Å². The van der Waals surface area contributed by atoms with Crippen LogP contribution in [0, 0.1) is 0 Å². The molecule has 3 rings (SSSR count). The predicted molar refractivity (Wildman–Crippen MR) is 126 cm³/mol. The van der Waals surface area contributed by atoms with Gasteiger partial charge in [-0.15, -0.1) is 0 Å². The molecule has 0 radical (unpaired) electrons. The number of benzene rings is 3. The van der Waals surface area contributed by atoms with Crippen LogP contribution in [0.15, 0.2) is 84.9 Å². The molecule has 2 unspecified atom stereocenters. The highest BCUT2D eigenvalue weighted by atomic mass is 31.2. The molecule has 0 aromatic heterocycles. The summed E-state index contributed by atoms with van der Waals surface area (Å²) >= 11 is 0. The molecule has 6 heteroatoms. The number of para-hydroxylation sites is 1. The number of rotatable bonds is 11. The van der Waals surface area contributed by atoms with E-state index in [1.165, 1.54) is 0 Å². The van der Waals surface area contributed by atoms with Crippen molar-refractivity contribution < 1.29 is 24.1 Å². The number of carbonyl (C=O) groups excluding carboxylic acids is 1. The molecule has 2 N–H and O–H groups in total. The van der Waals surface area contributed by atoms with Gasteiger partial charge >= 0.3 is 5.97 Å². The minimum absolute atomic E-state index is 0.103. The first-order chi connectivity index (χ1) is 15.5. The Hall–Kier alpha value is -2.88. The Labute approximate surface area is 189 Å². The minimum Gasteiger partial charge on any atom is -0.508 e. The van der Waals surface area contributed by atoms with Crippen molar-refractivity contribution in [3.8, 4) is 5.75 Å². The Bertz CT molecular complexity index is 1040. The van der Waals surface area contributed by atoms with E-state index in [2.05, 4.69) is 0 Å². The molecule has 0 amide bonds. The van der Waals surface area contributed by atoms with Gasteiger partial charge in [-0.05, 0) is 42.0 Å². The number of hydrogen-bond donors (Lipinski definition) is 2. The summed E-state index contributed by atoms with van der Waals surface area (Å²) in [5, 5.41) is 10.2. The Balaban J connectivity index is 1.56. The van der Waals surface area contributed by atoms with Crippen LogP contribution in [0.2, 0.25) is 0 Å². The highest BCUT2D eigenvalue weighted by molar-refractivity contribution is 7.58. The molecular weight excluding hydrogens is 423 g/mol. The van der Waals surface area contributed by atoms with Crippen molar-refractivity contribution in [1.29, 1.82) is 0 Å². The fraction of sp³-hybridized carbons (Fsp3) is 0.269. The zero-order valence-corrected chi connectivity index (χ0v) is 18.9. The van der Waals surface area contributed by atoms with Gasteiger partial charge in [-0.2, -0.15) is 0 Å². The number of unbranched alkanes of at least 4 members (excludes halogenated alkanes) is 1. The van der Waals surface area contributed by atoms with Gasteiger partial charge in [0.1, 0.15) is 12.4 Å². The van der Waals surface area contributed by atoms with Crippen LogP contribution in [0.4, 0.5) is 0 Å². The van der Waals surface area contributed by atoms with Crippen LogP contribution in [0.3, 0.4) is 0 Å². The number of phenolic OH excluding ortho intramolecular Hbond substituents is 1. The minimum atomic E-state index is -3.60. The summed E-state index contributed by atoms with van der Waals surface area (Å²) in [5.41, 5.74) is 1.71. The van der Waals surface area contributed by atoms with Gasteiger partial charge in [-0.1, -0.05) is 78.9 Å². The fourth-order valence-corrected chi connectivity index (χ4v) is 5.74. The maximum atomic E-state index is 13.3. The largest absolute Gasteiger partial charge is 0.508 e. The average Bonchev–Trinajstić information content (AvgIpc) is 2.81. The van der Waals surface area contributed by atoms with Crippen LogP contribution >= 0.6 is 7.37 Å². The average molecular weight is 452 g/mol. The summed E-state index contributed by atoms with van der Waals surface area (Å²) in [5.74, 6) is -0.190. The van der Waals surface area contributed by atoms with E-state index in [9.17, 15) is 19.4 Å². The Morgan fingerprint density at radius 1 is 0.875 bits per heavy atom. The summed E-state index contributed by atoms with van der Waals surface area (Å²) in [6.07, 6.45) is 1.51. The molecular formula is C26H29O5P. The van der Waals surface area contributed by atoms with E-state index in [0.29, 0.717) is 18.4 Å². The highest BCUT2D eigenvalue weighted by Gasteiger charge is 2.32. The van der Waals surface area contributed by atoms with Crippen LogP contribution in [0.25, 0.3) is 0 Å². The number of carbonyl (C=O) groups is 1. The van der Waals surface area contributed by atoms with Crippen LogP contribution < -0.4 is 0 Å². The van der Waals surface area contributed by atoms with Crippen molar-refractivity contribution in [2.75, 3.05) is 6.16 Å². The molecule has 0 bridgehead atoms. The smallest absolute Gasteiger partial charge is 0.306 e. The number of aromatic hydroxyl groups is 1. The predicted octanol–water partition coefficient (Wildman–Crippen LogP) is 5.86. The van der Waals surface area contributed by atoms with Gasteiger partial charge in [0.25, 0.3) is 0 Å². The zero-order chi connectivity index (χ0) is 22.8. The van der Waals surface area contributed by atoms with Crippen LogP contribution in [0.5, 0.6) is 5.75 Å². The molecule has 0 heterocycles. The molecule has 0 aliphatic carbocycles. The summed E-state index contributed by atoms with van der Waals surface area (Å²) in [7, 11) is -3.60. The fourth-order valence-electron chi connectivity index (χ4n) is 3.63. The SMILES string of the molecule is O=C(CCCCP(=O)(O)C(Cc1ccccc1O)c1ccccc1)OCc1ccccc1. The second-order valence-electron chi connectivity index (χ2n) is 7.84. The van der Waals surface area contributed by atoms with Gasteiger partial charge < -0.3 is 14.7 Å². The lowest BCUT2D eigenvalue weighted by molar-refractivity contribution is -0.145. The van der Waals surface area contributed by atoms with Crippen LogP contribution in [-0.2, 0) is 27.1 Å². The van der Waals surface area contributed by atoms with E-state index in [1.54, 1.807) is 24.3 Å². The highest BCUT2D eigenvalue weighted by Crippen LogP contribution is 2.57. The maximum Gasteiger partial charge on any atom is 0.306 e. The molecule has 3 aromatic rings. The number of ether oxygens (including phenoxy) is 1. The third-order valence-corrected chi connectivity index (χ3v) is 7.84. The van der Waals surface area contributed by atoms with Crippen molar-refractivity contribution in [2.45, 2.75) is 37.9 Å². The van der Waals surface area contributed by atoms with E-state index in [0.717, 1.165) is 11.1 Å². The Morgan fingerprint density at radius 2 is 1.50 bits per heavy atom. The quantitative estimate of drug-likeness (QED) is 0.216. The number of phenols is 1. The molecule has 2 atom stereocenters. The lowest BCUT2D eigenvalue weighted by atomic mass is 10.0. The van der Waals surface area contributed by atoms with Gasteiger partial charge in [0.15, 0.2) is 0 Å². The maximum absolute atomic E-state index is 13.3. The molecule has 0 aliphatic heterocycles. The van der Waals surface area contributed by atoms with E-state index >= 15 is 0 Å². The molecule has 0 fully saturated rings. The van der Waals surface area contributed by atoms with Crippen molar-refractivity contribution in [3.05, 3.63) is 102 Å². The van der Waals surface area contributed by atoms with Crippen molar-refractivity contribution in [2.24, 2.45) is 0 Å². The van der Waals surface area contributed by atoms with Crippen LogP contribution in [-0.4, -0.2) is 22.1 Å². The second kappa shape index (κ2) is 11.7. The molecule has 0 aliphatic rings. The third-order valence-electron chi connectivity index (χ3n) is 5.43. The lowest BCUT2D eigenvalue weighted by Gasteiger charge is -2.24. The third kappa shape index (κ3) is 7.08. The zero-order valence-electron chi connectivity index (χ0n) is 18.0. The number of hydrogen-bond acceptors (Lipinski definition) is 4. The standard InChI is InChI=1S/C26H29O5P/c27-24-16-8-7-15-23(24)19-25(22-13-5-2-6-14-22)32(29,30)18-10-9-17-26(28)31-20-21-11-3-1-4-12-21/h1-8,11-16,25,27H,9-10,17-20H2,(H,29,30). The van der Waals surface area contributed by atoms with Gasteiger partial charge in [-0.25, -0.2) is 0 Å². The number of esters is 1. The molecule has 0 spiro atoms. The molecule has 168 valence electrons. The molecule has 32 heavy (non-hydrogen) atoms. The van der Waals surface area contributed by atoms with Gasteiger partial charge in [0.2, 0.25) is 7.37 Å². The monoisotopic (exact) mass is 452 g/mol. The molecule has 0 saturated carbocycles. The lowest BCUT2D eigenvalue weighted by Crippen LogP contribution is -2.08. The summed E-state index contributed by atoms with van der Waals surface area (Å²) in [6, 6.07) is 25.6. The van der Waals surface area contributed by atoms with Gasteiger partial charge in [-0.3, -0.25) is 9.36 Å². The van der Waals surface area contributed by atoms with Gasteiger partial charge in [0, 0.05) is 12.6 Å². The molecule has 3 aromatic carbocycles. The first-order valence-electron chi connectivity index (χ1n) is 10.8. The molecule has 5 nitrogen and oxygen atoms in total. The summed E-state index contributed by atoms with van der Waals surface area (Å²) in [6.45, 7) is 0.231. The topological polar surface area (TPSA) is 83.8 Å². The molecule has 0 saturated heterocycles. The van der Waals surface area contributed by atoms with Crippen LogP contribution in [0.1, 0.15) is 41.6 Å². The second-order valence-corrected chi connectivity index (χ2v) is 10.4. The Kier molecular flexibility index (Phi) is 8.66. The Morgan fingerprint density at radius 3 is 2.19 bits per heavy atom. The summed E-state index contributed by atoms with van der Waals surface area (Å²) in [4.78, 5) is 22.9. The van der Waals surface area contributed by atoms with E-state index in [-0.39, 0.29) is 37.3 Å². The first kappa shape index (κ1) is 23.8. The normalized spacial score (nSPS) is 13.8. The van der Waals surface area contributed by atoms with E-state index in [4.69, 9.17) is 4.74 Å². The van der Waals surface area contributed by atoms with Crippen molar-refractivity contribution in [1.82, 2.24) is 0 Å².